The third kappa shape index (κ3) is 5.28. The van der Waals surface area contributed by atoms with Gasteiger partial charge in [0.15, 0.2) is 0 Å². The lowest BCUT2D eigenvalue weighted by Gasteiger charge is -2.28. The number of fused-ring (bicyclic) bond motifs is 7. The maximum atomic E-state index is 6.45. The third-order valence-electron chi connectivity index (χ3n) is 10.9. The zero-order valence-electron chi connectivity index (χ0n) is 29.8. The zero-order valence-corrected chi connectivity index (χ0v) is 29.8. The SMILES string of the molecule is c1cc(-c2cccc(N(c3ccc4c(c3)oc3ccccc34)c3ccccc3-c3ccc4c(c3)oc3ccccc34)c2)cc(-c2cccc3ccccc23)c1. The Balaban J connectivity index is 1.08. The molecule has 3 nitrogen and oxygen atoms in total. The number of furan rings is 2. The minimum Gasteiger partial charge on any atom is -0.456 e. The van der Waals surface area contributed by atoms with Gasteiger partial charge >= 0.3 is 0 Å². The van der Waals surface area contributed by atoms with Crippen LogP contribution in [-0.4, -0.2) is 0 Å². The Morgan fingerprint density at radius 2 is 0.818 bits per heavy atom. The van der Waals surface area contributed by atoms with E-state index in [1.165, 1.54) is 21.9 Å². The van der Waals surface area contributed by atoms with Crippen molar-refractivity contribution in [1.29, 1.82) is 0 Å². The number of hydrogen-bond acceptors (Lipinski definition) is 3. The molecule has 2 heterocycles. The van der Waals surface area contributed by atoms with E-state index < -0.39 is 0 Å². The first-order valence-corrected chi connectivity index (χ1v) is 18.7. The molecular weight excluding hydrogens is 671 g/mol. The van der Waals surface area contributed by atoms with E-state index in [9.17, 15) is 0 Å². The van der Waals surface area contributed by atoms with Gasteiger partial charge in [-0.05, 0) is 99.3 Å². The lowest BCUT2D eigenvalue weighted by molar-refractivity contribution is 0.668. The minimum atomic E-state index is 0.851. The lowest BCUT2D eigenvalue weighted by Crippen LogP contribution is -2.11. The molecule has 0 aliphatic carbocycles. The summed E-state index contributed by atoms with van der Waals surface area (Å²) in [6.07, 6.45) is 0. The van der Waals surface area contributed by atoms with E-state index >= 15 is 0 Å². The Morgan fingerprint density at radius 3 is 1.64 bits per heavy atom. The Labute approximate surface area is 317 Å². The molecule has 0 fully saturated rings. The summed E-state index contributed by atoms with van der Waals surface area (Å²) in [5.74, 6) is 0. The average molecular weight is 704 g/mol. The lowest BCUT2D eigenvalue weighted by atomic mass is 9.95. The van der Waals surface area contributed by atoms with Crippen LogP contribution in [0, 0.1) is 0 Å². The van der Waals surface area contributed by atoms with Gasteiger partial charge in [-0.15, -0.1) is 0 Å². The van der Waals surface area contributed by atoms with Crippen molar-refractivity contribution in [2.75, 3.05) is 4.90 Å². The van der Waals surface area contributed by atoms with Crippen molar-refractivity contribution in [3.05, 3.63) is 200 Å². The van der Waals surface area contributed by atoms with Crippen molar-refractivity contribution < 1.29 is 8.83 Å². The first-order valence-electron chi connectivity index (χ1n) is 18.7. The normalized spacial score (nSPS) is 11.6. The van der Waals surface area contributed by atoms with Crippen molar-refractivity contribution in [2.24, 2.45) is 0 Å². The fourth-order valence-corrected chi connectivity index (χ4v) is 8.26. The predicted molar refractivity (Wildman–Crippen MR) is 229 cm³/mol. The molecule has 11 aromatic rings. The van der Waals surface area contributed by atoms with Gasteiger partial charge in [0.05, 0.1) is 5.69 Å². The molecule has 0 bridgehead atoms. The topological polar surface area (TPSA) is 29.5 Å². The Morgan fingerprint density at radius 1 is 0.291 bits per heavy atom. The summed E-state index contributed by atoms with van der Waals surface area (Å²) in [7, 11) is 0. The summed E-state index contributed by atoms with van der Waals surface area (Å²) >= 11 is 0. The van der Waals surface area contributed by atoms with Crippen LogP contribution in [0.1, 0.15) is 0 Å². The van der Waals surface area contributed by atoms with Crippen molar-refractivity contribution in [3.63, 3.8) is 0 Å². The summed E-state index contributed by atoms with van der Waals surface area (Å²) in [5.41, 5.74) is 13.5. The standard InChI is InChI=1S/C52H33NO2/c1-2-18-41-34(12-1)13-11-22-42(41)37-16-9-14-35(30-37)36-15-10-17-39(31-36)53(40-27-29-47-45-21-5-8-25-50(45)55-52(47)33-40)48-23-6-3-19-43(48)38-26-28-46-44-20-4-7-24-49(44)54-51(46)32-38/h1-33H. The summed E-state index contributed by atoms with van der Waals surface area (Å²) in [5, 5.41) is 6.94. The molecule has 0 atom stereocenters. The molecule has 0 aliphatic rings. The number of nitrogens with zero attached hydrogens (tertiary/aromatic N) is 1. The van der Waals surface area contributed by atoms with Gasteiger partial charge in [0.25, 0.3) is 0 Å². The Hall–Kier alpha value is -7.36. The smallest absolute Gasteiger partial charge is 0.137 e. The molecule has 11 rings (SSSR count). The molecule has 9 aromatic carbocycles. The van der Waals surface area contributed by atoms with Gasteiger partial charge in [0.1, 0.15) is 22.3 Å². The highest BCUT2D eigenvalue weighted by atomic mass is 16.3. The second-order valence-electron chi connectivity index (χ2n) is 14.1. The van der Waals surface area contributed by atoms with Gasteiger partial charge in [-0.3, -0.25) is 0 Å². The van der Waals surface area contributed by atoms with Crippen LogP contribution in [0.15, 0.2) is 209 Å². The zero-order chi connectivity index (χ0) is 36.3. The van der Waals surface area contributed by atoms with Gasteiger partial charge in [-0.25, -0.2) is 0 Å². The van der Waals surface area contributed by atoms with Crippen LogP contribution in [0.2, 0.25) is 0 Å². The first kappa shape index (κ1) is 31.2. The second kappa shape index (κ2) is 12.6. The number of anilines is 3. The minimum absolute atomic E-state index is 0.851. The quantitative estimate of drug-likeness (QED) is 0.173. The van der Waals surface area contributed by atoms with Crippen molar-refractivity contribution in [3.8, 4) is 33.4 Å². The molecule has 0 aliphatic heterocycles. The van der Waals surface area contributed by atoms with Crippen LogP contribution in [0.25, 0.3) is 88.0 Å². The van der Waals surface area contributed by atoms with Gasteiger partial charge in [-0.2, -0.15) is 0 Å². The highest BCUT2D eigenvalue weighted by molar-refractivity contribution is 6.08. The molecule has 55 heavy (non-hydrogen) atoms. The summed E-state index contributed by atoms with van der Waals surface area (Å²) in [6, 6.07) is 71.1. The molecule has 0 saturated carbocycles. The van der Waals surface area contributed by atoms with Crippen LogP contribution in [-0.2, 0) is 0 Å². The monoisotopic (exact) mass is 703 g/mol. The van der Waals surface area contributed by atoms with Crippen LogP contribution >= 0.6 is 0 Å². The molecular formula is C52H33NO2. The molecule has 0 N–H and O–H groups in total. The largest absolute Gasteiger partial charge is 0.456 e. The van der Waals surface area contributed by atoms with Crippen LogP contribution in [0.4, 0.5) is 17.1 Å². The first-order chi connectivity index (χ1) is 27.2. The number of rotatable bonds is 6. The molecule has 0 saturated heterocycles. The predicted octanol–water partition coefficient (Wildman–Crippen LogP) is 15.1. The van der Waals surface area contributed by atoms with E-state index in [2.05, 4.69) is 181 Å². The molecule has 258 valence electrons. The van der Waals surface area contributed by atoms with E-state index in [0.29, 0.717) is 0 Å². The summed E-state index contributed by atoms with van der Waals surface area (Å²) < 4.78 is 12.8. The highest BCUT2D eigenvalue weighted by Crippen LogP contribution is 2.44. The number of hydrogen-bond donors (Lipinski definition) is 0. The van der Waals surface area contributed by atoms with Crippen LogP contribution < -0.4 is 4.90 Å². The molecule has 0 spiro atoms. The van der Waals surface area contributed by atoms with Crippen LogP contribution in [0.3, 0.4) is 0 Å². The maximum absolute atomic E-state index is 6.45. The third-order valence-corrected chi connectivity index (χ3v) is 10.9. The molecule has 0 amide bonds. The fraction of sp³-hybridized carbons (Fsp3) is 0. The van der Waals surface area contributed by atoms with Gasteiger partial charge in [0.2, 0.25) is 0 Å². The van der Waals surface area contributed by atoms with Gasteiger partial charge in [0, 0.05) is 44.5 Å². The van der Waals surface area contributed by atoms with E-state index in [4.69, 9.17) is 8.83 Å². The summed E-state index contributed by atoms with van der Waals surface area (Å²) in [4.78, 5) is 2.35. The summed E-state index contributed by atoms with van der Waals surface area (Å²) in [6.45, 7) is 0. The molecule has 0 radical (unpaired) electrons. The fourth-order valence-electron chi connectivity index (χ4n) is 8.26. The highest BCUT2D eigenvalue weighted by Gasteiger charge is 2.20. The maximum Gasteiger partial charge on any atom is 0.137 e. The van der Waals surface area contributed by atoms with Crippen LogP contribution in [0.5, 0.6) is 0 Å². The van der Waals surface area contributed by atoms with E-state index in [-0.39, 0.29) is 0 Å². The van der Waals surface area contributed by atoms with E-state index in [1.807, 2.05) is 24.3 Å². The van der Waals surface area contributed by atoms with Gasteiger partial charge in [-0.1, -0.05) is 133 Å². The second-order valence-corrected chi connectivity index (χ2v) is 14.1. The Kier molecular flexibility index (Phi) is 7.17. The van der Waals surface area contributed by atoms with Crippen molar-refractivity contribution in [1.82, 2.24) is 0 Å². The Bertz CT molecular complexity index is 3230. The number of para-hydroxylation sites is 3. The van der Waals surface area contributed by atoms with E-state index in [1.54, 1.807) is 0 Å². The van der Waals surface area contributed by atoms with Crippen molar-refractivity contribution >= 4 is 71.7 Å². The average Bonchev–Trinajstić information content (AvgIpc) is 3.81. The van der Waals surface area contributed by atoms with Gasteiger partial charge < -0.3 is 13.7 Å². The molecule has 0 unspecified atom stereocenters. The molecule has 2 aromatic heterocycles. The molecule has 3 heteroatoms. The van der Waals surface area contributed by atoms with Crippen molar-refractivity contribution in [2.45, 2.75) is 0 Å². The number of benzene rings is 9. The van der Waals surface area contributed by atoms with E-state index in [0.717, 1.165) is 83.2 Å².